The third-order valence-corrected chi connectivity index (χ3v) is 2.22. The Kier molecular flexibility index (Phi) is 4.87. The van der Waals surface area contributed by atoms with Crippen LogP contribution in [0.3, 0.4) is 0 Å². The molecule has 0 radical (unpaired) electrons. The molecule has 4 heteroatoms. The summed E-state index contributed by atoms with van der Waals surface area (Å²) in [6.45, 7) is 4.41. The summed E-state index contributed by atoms with van der Waals surface area (Å²) < 4.78 is 28.1. The first-order valence-electron chi connectivity index (χ1n) is 5.65. The first-order chi connectivity index (χ1) is 7.87. The molecule has 0 amide bonds. The van der Waals surface area contributed by atoms with Gasteiger partial charge in [0.1, 0.15) is 5.75 Å². The number of ether oxygens (including phenoxy) is 1. The van der Waals surface area contributed by atoms with Crippen molar-refractivity contribution in [2.24, 2.45) is 0 Å². The molecule has 0 aliphatic carbocycles. The summed E-state index contributed by atoms with van der Waals surface area (Å²) in [6.07, 6.45) is 0.867. The Labute approximate surface area is 101 Å². The minimum absolute atomic E-state index is 0.0960. The molecule has 0 unspecified atom stereocenters. The Morgan fingerprint density at radius 3 is 2.24 bits per heavy atom. The zero-order valence-electron chi connectivity index (χ0n) is 10.5. The minimum atomic E-state index is -2.76. The first-order valence-corrected chi connectivity index (χ1v) is 5.65. The summed E-state index contributed by atoms with van der Waals surface area (Å²) in [5.74, 6) is 0.201. The number of nitrogens with one attached hydrogen (secondary N) is 1. The lowest BCUT2D eigenvalue weighted by molar-refractivity contribution is -0.0498. The Morgan fingerprint density at radius 1 is 1.18 bits per heavy atom. The monoisotopic (exact) mass is 243 g/mol. The number of halogens is 2. The maximum atomic E-state index is 11.9. The summed E-state index contributed by atoms with van der Waals surface area (Å²) >= 11 is 0. The van der Waals surface area contributed by atoms with Crippen LogP contribution >= 0.6 is 0 Å². The predicted molar refractivity (Wildman–Crippen MR) is 64.5 cm³/mol. The van der Waals surface area contributed by atoms with Crippen LogP contribution in [0.25, 0.3) is 0 Å². The fraction of sp³-hybridized carbons (Fsp3) is 0.538. The average Bonchev–Trinajstić information content (AvgIpc) is 2.18. The normalized spacial score (nSPS) is 11.9. The zero-order valence-corrected chi connectivity index (χ0v) is 10.5. The van der Waals surface area contributed by atoms with Crippen molar-refractivity contribution in [3.8, 4) is 5.75 Å². The van der Waals surface area contributed by atoms with Crippen molar-refractivity contribution in [2.75, 3.05) is 6.54 Å². The second-order valence-corrected chi connectivity index (χ2v) is 4.95. The molecule has 2 nitrogen and oxygen atoms in total. The number of rotatable bonds is 5. The summed E-state index contributed by atoms with van der Waals surface area (Å²) in [4.78, 5) is 0. The summed E-state index contributed by atoms with van der Waals surface area (Å²) in [7, 11) is 0. The predicted octanol–water partition coefficient (Wildman–Crippen LogP) is 3.22. The third kappa shape index (κ3) is 6.22. The standard InChI is InChI=1S/C13H19F2NO/c1-13(2,3)16-9-8-10-4-6-11(7-5-10)17-12(14)15/h4-7,12,16H,8-9H2,1-3H3. The molecule has 0 aliphatic heterocycles. The van der Waals surface area contributed by atoms with E-state index in [4.69, 9.17) is 0 Å². The van der Waals surface area contributed by atoms with Gasteiger partial charge in [0.25, 0.3) is 0 Å². The van der Waals surface area contributed by atoms with E-state index in [1.54, 1.807) is 12.1 Å². The first kappa shape index (κ1) is 13.9. The molecule has 0 spiro atoms. The largest absolute Gasteiger partial charge is 0.435 e. The van der Waals surface area contributed by atoms with Gasteiger partial charge < -0.3 is 10.1 Å². The molecule has 0 saturated heterocycles. The van der Waals surface area contributed by atoms with Gasteiger partial charge in [0.2, 0.25) is 0 Å². The smallest absolute Gasteiger partial charge is 0.387 e. The molecule has 0 aliphatic rings. The molecule has 1 rings (SSSR count). The van der Waals surface area contributed by atoms with Gasteiger partial charge in [0.15, 0.2) is 0 Å². The third-order valence-electron chi connectivity index (χ3n) is 2.22. The van der Waals surface area contributed by atoms with Crippen LogP contribution in [-0.2, 0) is 6.42 Å². The van der Waals surface area contributed by atoms with Crippen LogP contribution in [0.1, 0.15) is 26.3 Å². The molecule has 0 saturated carbocycles. The van der Waals surface area contributed by atoms with Crippen LogP contribution < -0.4 is 10.1 Å². The second kappa shape index (κ2) is 5.96. The Balaban J connectivity index is 2.40. The lowest BCUT2D eigenvalue weighted by Crippen LogP contribution is -2.37. The Morgan fingerprint density at radius 2 is 1.76 bits per heavy atom. The molecular weight excluding hydrogens is 224 g/mol. The van der Waals surface area contributed by atoms with E-state index in [1.807, 2.05) is 12.1 Å². The van der Waals surface area contributed by atoms with E-state index >= 15 is 0 Å². The van der Waals surface area contributed by atoms with Crippen molar-refractivity contribution in [1.29, 1.82) is 0 Å². The summed E-state index contributed by atoms with van der Waals surface area (Å²) in [6, 6.07) is 6.75. The Bertz CT molecular complexity index is 330. The number of hydrogen-bond donors (Lipinski definition) is 1. The highest BCUT2D eigenvalue weighted by Gasteiger charge is 2.08. The van der Waals surface area contributed by atoms with E-state index in [9.17, 15) is 8.78 Å². The molecule has 0 atom stereocenters. The van der Waals surface area contributed by atoms with Crippen molar-refractivity contribution in [1.82, 2.24) is 5.32 Å². The van der Waals surface area contributed by atoms with Crippen LogP contribution in [0.15, 0.2) is 24.3 Å². The van der Waals surface area contributed by atoms with Crippen LogP contribution in [0.5, 0.6) is 5.75 Å². The lowest BCUT2D eigenvalue weighted by Gasteiger charge is -2.20. The molecule has 1 aromatic carbocycles. The van der Waals surface area contributed by atoms with E-state index in [2.05, 4.69) is 30.8 Å². The maximum Gasteiger partial charge on any atom is 0.387 e. The van der Waals surface area contributed by atoms with Crippen molar-refractivity contribution in [3.63, 3.8) is 0 Å². The number of alkyl halides is 2. The van der Waals surface area contributed by atoms with E-state index in [0.717, 1.165) is 18.5 Å². The van der Waals surface area contributed by atoms with E-state index in [1.165, 1.54) is 0 Å². The van der Waals surface area contributed by atoms with Crippen molar-refractivity contribution in [2.45, 2.75) is 39.3 Å². The van der Waals surface area contributed by atoms with Gasteiger partial charge in [-0.05, 0) is 51.4 Å². The van der Waals surface area contributed by atoms with E-state index < -0.39 is 6.61 Å². The quantitative estimate of drug-likeness (QED) is 0.857. The van der Waals surface area contributed by atoms with Crippen LogP contribution in [0.4, 0.5) is 8.78 Å². The molecule has 17 heavy (non-hydrogen) atoms. The van der Waals surface area contributed by atoms with Crippen LogP contribution in [0.2, 0.25) is 0 Å². The number of hydrogen-bond acceptors (Lipinski definition) is 2. The van der Waals surface area contributed by atoms with Crippen molar-refractivity contribution in [3.05, 3.63) is 29.8 Å². The molecule has 1 aromatic rings. The molecular formula is C13H19F2NO. The van der Waals surface area contributed by atoms with Gasteiger partial charge in [-0.25, -0.2) is 0 Å². The molecule has 0 heterocycles. The molecule has 0 bridgehead atoms. The molecule has 0 fully saturated rings. The van der Waals surface area contributed by atoms with Gasteiger partial charge in [-0.15, -0.1) is 0 Å². The second-order valence-electron chi connectivity index (χ2n) is 4.95. The van der Waals surface area contributed by atoms with Gasteiger partial charge >= 0.3 is 6.61 Å². The van der Waals surface area contributed by atoms with Crippen LogP contribution in [-0.4, -0.2) is 18.7 Å². The average molecular weight is 243 g/mol. The topological polar surface area (TPSA) is 21.3 Å². The highest BCUT2D eigenvalue weighted by molar-refractivity contribution is 5.27. The molecule has 1 N–H and O–H groups in total. The van der Waals surface area contributed by atoms with Gasteiger partial charge in [0, 0.05) is 5.54 Å². The minimum Gasteiger partial charge on any atom is -0.435 e. The van der Waals surface area contributed by atoms with Crippen molar-refractivity contribution < 1.29 is 13.5 Å². The fourth-order valence-corrected chi connectivity index (χ4v) is 1.42. The fourth-order valence-electron chi connectivity index (χ4n) is 1.42. The van der Waals surface area contributed by atoms with Gasteiger partial charge in [-0.1, -0.05) is 12.1 Å². The van der Waals surface area contributed by atoms with Crippen molar-refractivity contribution >= 4 is 0 Å². The van der Waals surface area contributed by atoms with E-state index in [0.29, 0.717) is 0 Å². The van der Waals surface area contributed by atoms with Gasteiger partial charge in [-0.3, -0.25) is 0 Å². The summed E-state index contributed by atoms with van der Waals surface area (Å²) in [5.41, 5.74) is 1.20. The van der Waals surface area contributed by atoms with Gasteiger partial charge in [-0.2, -0.15) is 8.78 Å². The highest BCUT2D eigenvalue weighted by Crippen LogP contribution is 2.15. The lowest BCUT2D eigenvalue weighted by atomic mass is 10.1. The Hall–Kier alpha value is -1.16. The molecule has 0 aromatic heterocycles. The van der Waals surface area contributed by atoms with Gasteiger partial charge in [0.05, 0.1) is 0 Å². The highest BCUT2D eigenvalue weighted by atomic mass is 19.3. The zero-order chi connectivity index (χ0) is 12.9. The van der Waals surface area contributed by atoms with E-state index in [-0.39, 0.29) is 11.3 Å². The number of benzene rings is 1. The van der Waals surface area contributed by atoms with Crippen LogP contribution in [0, 0.1) is 0 Å². The summed E-state index contributed by atoms with van der Waals surface area (Å²) in [5, 5.41) is 3.37. The molecule has 96 valence electrons. The SMILES string of the molecule is CC(C)(C)NCCc1ccc(OC(F)F)cc1. The maximum absolute atomic E-state index is 11.9.